The Morgan fingerprint density at radius 3 is 2.25 bits per heavy atom. The zero-order chi connectivity index (χ0) is 12.1. The van der Waals surface area contributed by atoms with E-state index in [1.54, 1.807) is 0 Å². The largest absolute Gasteiger partial charge is 0.341 e. The number of rotatable bonds is 5. The molecule has 0 fully saturated rings. The van der Waals surface area contributed by atoms with Crippen LogP contribution in [0.5, 0.6) is 0 Å². The first-order valence-corrected chi connectivity index (χ1v) is 5.74. The summed E-state index contributed by atoms with van der Waals surface area (Å²) in [5.41, 5.74) is 1.11. The summed E-state index contributed by atoms with van der Waals surface area (Å²) >= 11 is 0. The number of anilines is 1. The molecule has 0 bridgehead atoms. The van der Waals surface area contributed by atoms with E-state index in [0.29, 0.717) is 12.0 Å². The minimum Gasteiger partial charge on any atom is -0.341 e. The Balaban J connectivity index is 2.73. The number of nitrogens with zero attached hydrogens (tertiary/aromatic N) is 3. The van der Waals surface area contributed by atoms with Gasteiger partial charge in [-0.3, -0.25) is 0 Å². The summed E-state index contributed by atoms with van der Waals surface area (Å²) in [6.07, 6.45) is 3.75. The molecular weight excluding hydrogens is 200 g/mol. The molecular formula is C12H22N4. The number of nitrogens with one attached hydrogen (secondary N) is 1. The van der Waals surface area contributed by atoms with Gasteiger partial charge in [-0.1, -0.05) is 13.8 Å². The summed E-state index contributed by atoms with van der Waals surface area (Å²) < 4.78 is 0. The van der Waals surface area contributed by atoms with Gasteiger partial charge >= 0.3 is 0 Å². The van der Waals surface area contributed by atoms with E-state index < -0.39 is 0 Å². The van der Waals surface area contributed by atoms with Crippen LogP contribution in [0.3, 0.4) is 0 Å². The van der Waals surface area contributed by atoms with Gasteiger partial charge < -0.3 is 10.2 Å². The van der Waals surface area contributed by atoms with Crippen molar-refractivity contribution in [3.05, 3.63) is 18.0 Å². The molecule has 90 valence electrons. The van der Waals surface area contributed by atoms with E-state index in [4.69, 9.17) is 0 Å². The summed E-state index contributed by atoms with van der Waals surface area (Å²) in [5.74, 6) is 1.38. The molecule has 0 aliphatic rings. The fraction of sp³-hybridized carbons (Fsp3) is 0.667. The standard InChI is InChI=1S/C12H22N4/c1-9(2)10(3)16(5)12-14-7-11(6-13-4)8-15-12/h7-10,13H,6H2,1-5H3. The van der Waals surface area contributed by atoms with Crippen LogP contribution in [0.2, 0.25) is 0 Å². The summed E-state index contributed by atoms with van der Waals surface area (Å²) in [6, 6.07) is 0.440. The van der Waals surface area contributed by atoms with Gasteiger partial charge in [0.25, 0.3) is 0 Å². The van der Waals surface area contributed by atoms with Crippen LogP contribution >= 0.6 is 0 Å². The van der Waals surface area contributed by atoms with Crippen molar-refractivity contribution in [3.63, 3.8) is 0 Å². The second-order valence-electron chi connectivity index (χ2n) is 4.52. The lowest BCUT2D eigenvalue weighted by Crippen LogP contribution is -2.34. The normalized spacial score (nSPS) is 12.9. The first-order chi connectivity index (χ1) is 7.56. The predicted molar refractivity (Wildman–Crippen MR) is 67.5 cm³/mol. The van der Waals surface area contributed by atoms with Crippen LogP contribution in [-0.2, 0) is 6.54 Å². The molecule has 4 nitrogen and oxygen atoms in total. The third-order valence-electron chi connectivity index (χ3n) is 2.96. The molecule has 1 atom stereocenters. The van der Waals surface area contributed by atoms with E-state index in [-0.39, 0.29) is 0 Å². The Hall–Kier alpha value is -1.16. The molecule has 16 heavy (non-hydrogen) atoms. The Morgan fingerprint density at radius 1 is 1.25 bits per heavy atom. The fourth-order valence-corrected chi connectivity index (χ4v) is 1.45. The van der Waals surface area contributed by atoms with Crippen molar-refractivity contribution in [2.45, 2.75) is 33.4 Å². The van der Waals surface area contributed by atoms with Gasteiger partial charge in [0.2, 0.25) is 5.95 Å². The molecule has 1 N–H and O–H groups in total. The van der Waals surface area contributed by atoms with Crippen molar-refractivity contribution in [1.82, 2.24) is 15.3 Å². The zero-order valence-corrected chi connectivity index (χ0v) is 10.9. The summed E-state index contributed by atoms with van der Waals surface area (Å²) in [5, 5.41) is 3.08. The molecule has 0 saturated carbocycles. The smallest absolute Gasteiger partial charge is 0.225 e. The van der Waals surface area contributed by atoms with Gasteiger partial charge in [0, 0.05) is 37.6 Å². The quantitative estimate of drug-likeness (QED) is 0.823. The lowest BCUT2D eigenvalue weighted by molar-refractivity contribution is 0.499. The Kier molecular flexibility index (Phi) is 4.68. The number of hydrogen-bond donors (Lipinski definition) is 1. The van der Waals surface area contributed by atoms with Crippen LogP contribution in [0.15, 0.2) is 12.4 Å². The monoisotopic (exact) mass is 222 g/mol. The van der Waals surface area contributed by atoms with Crippen LogP contribution in [0, 0.1) is 5.92 Å². The van der Waals surface area contributed by atoms with Crippen molar-refractivity contribution in [2.75, 3.05) is 19.0 Å². The highest BCUT2D eigenvalue weighted by Gasteiger charge is 2.15. The third kappa shape index (κ3) is 3.17. The lowest BCUT2D eigenvalue weighted by atomic mass is 10.1. The van der Waals surface area contributed by atoms with Crippen LogP contribution in [-0.4, -0.2) is 30.1 Å². The first kappa shape index (κ1) is 12.9. The molecule has 1 aromatic heterocycles. The Bertz CT molecular complexity index is 307. The summed E-state index contributed by atoms with van der Waals surface area (Å²) in [6.45, 7) is 7.41. The van der Waals surface area contributed by atoms with Gasteiger partial charge in [-0.25, -0.2) is 9.97 Å². The molecule has 0 amide bonds. The lowest BCUT2D eigenvalue weighted by Gasteiger charge is -2.27. The molecule has 1 aromatic rings. The summed E-state index contributed by atoms with van der Waals surface area (Å²) in [4.78, 5) is 10.9. The van der Waals surface area contributed by atoms with Gasteiger partial charge in [-0.05, 0) is 19.9 Å². The highest BCUT2D eigenvalue weighted by molar-refractivity contribution is 5.30. The Morgan fingerprint density at radius 2 is 1.81 bits per heavy atom. The van der Waals surface area contributed by atoms with E-state index in [1.807, 2.05) is 26.5 Å². The molecule has 0 aliphatic carbocycles. The van der Waals surface area contributed by atoms with Crippen molar-refractivity contribution in [1.29, 1.82) is 0 Å². The zero-order valence-electron chi connectivity index (χ0n) is 10.9. The molecule has 0 spiro atoms. The van der Waals surface area contributed by atoms with Crippen LogP contribution in [0.1, 0.15) is 26.3 Å². The minimum absolute atomic E-state index is 0.440. The maximum atomic E-state index is 4.38. The number of hydrogen-bond acceptors (Lipinski definition) is 4. The van der Waals surface area contributed by atoms with Gasteiger partial charge in [0.15, 0.2) is 0 Å². The molecule has 0 saturated heterocycles. The summed E-state index contributed by atoms with van der Waals surface area (Å²) in [7, 11) is 3.96. The second kappa shape index (κ2) is 5.80. The number of aromatic nitrogens is 2. The van der Waals surface area contributed by atoms with Crippen molar-refractivity contribution in [2.24, 2.45) is 5.92 Å². The SMILES string of the molecule is CNCc1cnc(N(C)C(C)C(C)C)nc1. The highest BCUT2D eigenvalue weighted by atomic mass is 15.2. The van der Waals surface area contributed by atoms with Crippen LogP contribution in [0.25, 0.3) is 0 Å². The molecule has 1 unspecified atom stereocenters. The second-order valence-corrected chi connectivity index (χ2v) is 4.52. The van der Waals surface area contributed by atoms with Gasteiger partial charge in [0.1, 0.15) is 0 Å². The average molecular weight is 222 g/mol. The van der Waals surface area contributed by atoms with Gasteiger partial charge in [-0.2, -0.15) is 0 Å². The van der Waals surface area contributed by atoms with Gasteiger partial charge in [0.05, 0.1) is 0 Å². The van der Waals surface area contributed by atoms with E-state index in [2.05, 4.69) is 41.0 Å². The van der Waals surface area contributed by atoms with Crippen LogP contribution < -0.4 is 10.2 Å². The maximum Gasteiger partial charge on any atom is 0.225 e. The maximum absolute atomic E-state index is 4.38. The molecule has 0 aromatic carbocycles. The van der Waals surface area contributed by atoms with Gasteiger partial charge in [-0.15, -0.1) is 0 Å². The average Bonchev–Trinajstić information content (AvgIpc) is 2.28. The molecule has 4 heteroatoms. The molecule has 0 radical (unpaired) electrons. The minimum atomic E-state index is 0.440. The van der Waals surface area contributed by atoms with E-state index in [9.17, 15) is 0 Å². The first-order valence-electron chi connectivity index (χ1n) is 5.74. The van der Waals surface area contributed by atoms with Crippen molar-refractivity contribution in [3.8, 4) is 0 Å². The molecule has 1 rings (SSSR count). The predicted octanol–water partition coefficient (Wildman–Crippen LogP) is 1.68. The topological polar surface area (TPSA) is 41.1 Å². The van der Waals surface area contributed by atoms with Crippen molar-refractivity contribution < 1.29 is 0 Å². The third-order valence-corrected chi connectivity index (χ3v) is 2.96. The van der Waals surface area contributed by atoms with E-state index >= 15 is 0 Å². The van der Waals surface area contributed by atoms with E-state index in [1.165, 1.54) is 0 Å². The van der Waals surface area contributed by atoms with Crippen molar-refractivity contribution >= 4 is 5.95 Å². The highest BCUT2D eigenvalue weighted by Crippen LogP contribution is 2.14. The van der Waals surface area contributed by atoms with E-state index in [0.717, 1.165) is 18.1 Å². The van der Waals surface area contributed by atoms with Crippen LogP contribution in [0.4, 0.5) is 5.95 Å². The molecule has 0 aliphatic heterocycles. The molecule has 1 heterocycles. The Labute approximate surface area is 98.1 Å². The fourth-order valence-electron chi connectivity index (χ4n) is 1.45.